The van der Waals surface area contributed by atoms with Crippen molar-refractivity contribution in [2.24, 2.45) is 0 Å². The molecule has 2 aliphatic rings. The predicted molar refractivity (Wildman–Crippen MR) is 228 cm³/mol. The second kappa shape index (κ2) is 15.4. The third kappa shape index (κ3) is 6.99. The van der Waals surface area contributed by atoms with Gasteiger partial charge in [0.15, 0.2) is 0 Å². The highest BCUT2D eigenvalue weighted by molar-refractivity contribution is 6.34. The van der Waals surface area contributed by atoms with Crippen LogP contribution in [0.2, 0.25) is 0 Å². The SMILES string of the molecule is CCCC(C)(CC)c1ccc(N2C(=O)c3ccc(Oc4ccc(C(C)(C)c5ccc(Oc6ccc7c(c6)C(=O)N(C(C)(CC)CC)C7=O)cc5)cc4)cc3C2=O)cc1. The fraction of sp³-hybridized carbons (Fsp3) is 0.320. The Morgan fingerprint density at radius 1 is 0.466 bits per heavy atom. The smallest absolute Gasteiger partial charge is 0.266 e. The molecule has 4 amide bonds. The number of fused-ring (bicyclic) bond motifs is 2. The van der Waals surface area contributed by atoms with Crippen molar-refractivity contribution >= 4 is 29.3 Å². The number of benzene rings is 5. The van der Waals surface area contributed by atoms with Crippen molar-refractivity contribution in [3.8, 4) is 23.0 Å². The fourth-order valence-electron chi connectivity index (χ4n) is 8.27. The number of carbonyl (C=O) groups is 4. The first kappa shape index (κ1) is 40.2. The monoisotopic (exact) mass is 776 g/mol. The van der Waals surface area contributed by atoms with Crippen LogP contribution in [0.3, 0.4) is 0 Å². The summed E-state index contributed by atoms with van der Waals surface area (Å²) in [6.45, 7) is 16.9. The molecule has 58 heavy (non-hydrogen) atoms. The summed E-state index contributed by atoms with van der Waals surface area (Å²) in [4.78, 5) is 56.2. The Kier molecular flexibility index (Phi) is 10.7. The molecule has 0 saturated carbocycles. The van der Waals surface area contributed by atoms with Gasteiger partial charge in [0.05, 0.1) is 27.9 Å². The Morgan fingerprint density at radius 2 is 0.879 bits per heavy atom. The molecule has 1 atom stereocenters. The molecule has 298 valence electrons. The lowest BCUT2D eigenvalue weighted by molar-refractivity contribution is 0.0434. The number of amides is 4. The lowest BCUT2D eigenvalue weighted by atomic mass is 9.76. The van der Waals surface area contributed by atoms with Gasteiger partial charge < -0.3 is 9.47 Å². The minimum absolute atomic E-state index is 0.0475. The summed E-state index contributed by atoms with van der Waals surface area (Å²) in [6, 6.07) is 33.6. The highest BCUT2D eigenvalue weighted by Gasteiger charge is 2.45. The van der Waals surface area contributed by atoms with Crippen LogP contribution in [0.5, 0.6) is 23.0 Å². The zero-order valence-electron chi connectivity index (χ0n) is 34.8. The molecule has 0 radical (unpaired) electrons. The molecule has 8 heteroatoms. The molecule has 7 rings (SSSR count). The summed E-state index contributed by atoms with van der Waals surface area (Å²) < 4.78 is 12.4. The molecule has 0 N–H and O–H groups in total. The normalized spacial score (nSPS) is 15.1. The largest absolute Gasteiger partial charge is 0.457 e. The number of rotatable bonds is 14. The van der Waals surface area contributed by atoms with E-state index in [0.717, 1.165) is 30.4 Å². The highest BCUT2D eigenvalue weighted by Crippen LogP contribution is 2.39. The van der Waals surface area contributed by atoms with Gasteiger partial charge in [0.1, 0.15) is 23.0 Å². The van der Waals surface area contributed by atoms with E-state index < -0.39 is 5.54 Å². The van der Waals surface area contributed by atoms with Gasteiger partial charge in [0.25, 0.3) is 23.6 Å². The molecular formula is C50H52N2O6. The van der Waals surface area contributed by atoms with E-state index in [2.05, 4.69) is 34.6 Å². The second-order valence-electron chi connectivity index (χ2n) is 16.6. The minimum Gasteiger partial charge on any atom is -0.457 e. The average Bonchev–Trinajstić information content (AvgIpc) is 3.64. The van der Waals surface area contributed by atoms with Gasteiger partial charge in [-0.3, -0.25) is 24.1 Å². The molecule has 5 aromatic rings. The number of nitrogens with zero attached hydrogens (tertiary/aromatic N) is 2. The van der Waals surface area contributed by atoms with Crippen LogP contribution in [0.15, 0.2) is 109 Å². The first-order chi connectivity index (χ1) is 27.7. The van der Waals surface area contributed by atoms with E-state index >= 15 is 0 Å². The molecule has 0 bridgehead atoms. The van der Waals surface area contributed by atoms with Crippen LogP contribution in [0.25, 0.3) is 0 Å². The van der Waals surface area contributed by atoms with Gasteiger partial charge in [-0.25, -0.2) is 4.90 Å². The van der Waals surface area contributed by atoms with Gasteiger partial charge in [-0.1, -0.05) is 91.3 Å². The standard InChI is InChI=1S/C50H52N2O6/c1-9-29-49(7,10-2)34-13-19-35(20-14-34)51-44(53)40-27-25-38(30-42(40)45(51)54)57-36-21-15-32(16-22-36)48(5,6)33-17-23-37(24-18-33)58-39-26-28-41-43(31-39)47(56)52(46(41)55)50(8,11-3)12-4/h13-28,30-31H,9-12,29H2,1-8H3. The highest BCUT2D eigenvalue weighted by atomic mass is 16.5. The van der Waals surface area contributed by atoms with Crippen LogP contribution in [0.4, 0.5) is 5.69 Å². The Labute approximate surface area is 341 Å². The van der Waals surface area contributed by atoms with Crippen LogP contribution < -0.4 is 14.4 Å². The van der Waals surface area contributed by atoms with Crippen LogP contribution in [-0.4, -0.2) is 34.1 Å². The number of ether oxygens (including phenoxy) is 2. The molecule has 0 aromatic heterocycles. The Hall–Kier alpha value is -6.02. The quantitative estimate of drug-likeness (QED) is 0.104. The minimum atomic E-state index is -0.542. The van der Waals surface area contributed by atoms with Crippen molar-refractivity contribution in [2.75, 3.05) is 4.90 Å². The maximum absolute atomic E-state index is 13.6. The zero-order chi connectivity index (χ0) is 41.6. The number of imide groups is 2. The Bertz CT molecular complexity index is 2390. The van der Waals surface area contributed by atoms with Gasteiger partial charge in [-0.05, 0) is 128 Å². The first-order valence-corrected chi connectivity index (χ1v) is 20.4. The molecule has 1 unspecified atom stereocenters. The summed E-state index contributed by atoms with van der Waals surface area (Å²) in [5.74, 6) is 0.926. The molecule has 0 aliphatic carbocycles. The van der Waals surface area contributed by atoms with E-state index in [0.29, 0.717) is 63.8 Å². The van der Waals surface area contributed by atoms with E-state index in [-0.39, 0.29) is 34.5 Å². The van der Waals surface area contributed by atoms with Crippen LogP contribution >= 0.6 is 0 Å². The Balaban J connectivity index is 1.01. The van der Waals surface area contributed by atoms with E-state index in [4.69, 9.17) is 9.47 Å². The predicted octanol–water partition coefficient (Wildman–Crippen LogP) is 12.0. The first-order valence-electron chi connectivity index (χ1n) is 20.4. The number of carbonyl (C=O) groups excluding carboxylic acids is 4. The molecule has 2 heterocycles. The van der Waals surface area contributed by atoms with Crippen molar-refractivity contribution in [3.05, 3.63) is 148 Å². The maximum atomic E-state index is 13.6. The average molecular weight is 777 g/mol. The van der Waals surface area contributed by atoms with E-state index in [1.54, 1.807) is 36.4 Å². The van der Waals surface area contributed by atoms with E-state index in [9.17, 15) is 19.2 Å². The van der Waals surface area contributed by atoms with Crippen LogP contribution in [0.1, 0.15) is 146 Å². The Morgan fingerprint density at radius 3 is 1.34 bits per heavy atom. The van der Waals surface area contributed by atoms with Crippen LogP contribution in [0, 0.1) is 0 Å². The van der Waals surface area contributed by atoms with Gasteiger partial charge >= 0.3 is 0 Å². The lowest BCUT2D eigenvalue weighted by Gasteiger charge is -2.35. The molecule has 0 spiro atoms. The van der Waals surface area contributed by atoms with Crippen molar-refractivity contribution in [3.63, 3.8) is 0 Å². The molecule has 8 nitrogen and oxygen atoms in total. The number of hydrogen-bond acceptors (Lipinski definition) is 6. The van der Waals surface area contributed by atoms with Crippen molar-refractivity contribution in [2.45, 2.75) is 104 Å². The molecule has 2 aliphatic heterocycles. The van der Waals surface area contributed by atoms with Crippen molar-refractivity contribution in [1.29, 1.82) is 0 Å². The topological polar surface area (TPSA) is 93.2 Å². The summed E-state index contributed by atoms with van der Waals surface area (Å²) >= 11 is 0. The zero-order valence-corrected chi connectivity index (χ0v) is 34.8. The number of hydrogen-bond donors (Lipinski definition) is 0. The summed E-state index contributed by atoms with van der Waals surface area (Å²) in [7, 11) is 0. The third-order valence-corrected chi connectivity index (χ3v) is 12.8. The second-order valence-corrected chi connectivity index (χ2v) is 16.6. The third-order valence-electron chi connectivity index (χ3n) is 12.8. The van der Waals surface area contributed by atoms with Crippen molar-refractivity contribution < 1.29 is 28.7 Å². The van der Waals surface area contributed by atoms with E-state index in [1.165, 1.54) is 15.4 Å². The van der Waals surface area contributed by atoms with Gasteiger partial charge in [0.2, 0.25) is 0 Å². The van der Waals surface area contributed by atoms with Gasteiger partial charge in [-0.2, -0.15) is 0 Å². The molecule has 5 aromatic carbocycles. The summed E-state index contributed by atoms with van der Waals surface area (Å²) in [6.07, 6.45) is 4.50. The molecule has 0 fully saturated rings. The summed E-state index contributed by atoms with van der Waals surface area (Å²) in [5.41, 5.74) is 4.49. The molecular weight excluding hydrogens is 725 g/mol. The van der Waals surface area contributed by atoms with E-state index in [1.807, 2.05) is 93.6 Å². The fourth-order valence-corrected chi connectivity index (χ4v) is 8.27. The van der Waals surface area contributed by atoms with Gasteiger partial charge in [0, 0.05) is 11.0 Å². The van der Waals surface area contributed by atoms with Crippen molar-refractivity contribution in [1.82, 2.24) is 4.90 Å². The molecule has 0 saturated heterocycles. The lowest BCUT2D eigenvalue weighted by Crippen LogP contribution is -2.48. The number of anilines is 1. The maximum Gasteiger partial charge on any atom is 0.266 e. The van der Waals surface area contributed by atoms with Gasteiger partial charge in [-0.15, -0.1) is 0 Å². The van der Waals surface area contributed by atoms with Crippen LogP contribution in [-0.2, 0) is 10.8 Å². The summed E-state index contributed by atoms with van der Waals surface area (Å²) in [5, 5.41) is 0.